The van der Waals surface area contributed by atoms with Crippen LogP contribution in [0.25, 0.3) is 0 Å². The van der Waals surface area contributed by atoms with Crippen LogP contribution in [-0.2, 0) is 4.79 Å². The van der Waals surface area contributed by atoms with Crippen LogP contribution in [0.15, 0.2) is 0 Å². The van der Waals surface area contributed by atoms with Crippen LogP contribution < -0.4 is 5.32 Å². The number of rotatable bonds is 7. The van der Waals surface area contributed by atoms with Crippen LogP contribution in [0.3, 0.4) is 0 Å². The van der Waals surface area contributed by atoms with Crippen LogP contribution >= 0.6 is 0 Å². The highest BCUT2D eigenvalue weighted by molar-refractivity contribution is 5.81. The Morgan fingerprint density at radius 1 is 1.41 bits per heavy atom. The predicted molar refractivity (Wildman–Crippen MR) is 70.9 cm³/mol. The zero-order valence-electron chi connectivity index (χ0n) is 12.1. The lowest BCUT2D eigenvalue weighted by Crippen LogP contribution is -2.50. The monoisotopic (exact) mass is 244 g/mol. The fraction of sp³-hybridized carbons (Fsp3) is 0.923. The topological polar surface area (TPSA) is 52.6 Å². The zero-order valence-corrected chi connectivity index (χ0v) is 12.1. The second kappa shape index (κ2) is 6.97. The Kier molecular flexibility index (Phi) is 6.72. The van der Waals surface area contributed by atoms with Gasteiger partial charge in [0.15, 0.2) is 0 Å². The summed E-state index contributed by atoms with van der Waals surface area (Å²) in [6.07, 6.45) is 1.81. The Bertz CT molecular complexity index is 238. The molecule has 0 aromatic rings. The average Bonchev–Trinajstić information content (AvgIpc) is 2.22. The van der Waals surface area contributed by atoms with Gasteiger partial charge in [-0.25, -0.2) is 0 Å². The normalized spacial score (nSPS) is 17.0. The van der Waals surface area contributed by atoms with Crippen LogP contribution in [0.5, 0.6) is 0 Å². The van der Waals surface area contributed by atoms with E-state index < -0.39 is 5.60 Å². The minimum absolute atomic E-state index is 0.00206. The fourth-order valence-corrected chi connectivity index (χ4v) is 1.49. The van der Waals surface area contributed by atoms with E-state index in [2.05, 4.69) is 12.2 Å². The van der Waals surface area contributed by atoms with E-state index in [1.165, 1.54) is 0 Å². The maximum atomic E-state index is 12.0. The van der Waals surface area contributed by atoms with Gasteiger partial charge in [0.2, 0.25) is 5.91 Å². The summed E-state index contributed by atoms with van der Waals surface area (Å²) in [5.41, 5.74) is -0.848. The van der Waals surface area contributed by atoms with Gasteiger partial charge in [0, 0.05) is 6.54 Å². The molecule has 4 heteroatoms. The number of hydrogen-bond donors (Lipinski definition) is 2. The molecule has 0 bridgehead atoms. The SMILES string of the molecule is CCCC(C(=O)NCC(C)(O)C(C)C)N(C)C. The maximum absolute atomic E-state index is 12.0. The van der Waals surface area contributed by atoms with Crippen LogP contribution in [-0.4, -0.2) is 48.2 Å². The number of aliphatic hydroxyl groups is 1. The summed E-state index contributed by atoms with van der Waals surface area (Å²) < 4.78 is 0. The highest BCUT2D eigenvalue weighted by Gasteiger charge is 2.27. The molecule has 17 heavy (non-hydrogen) atoms. The number of amides is 1. The number of carbonyl (C=O) groups excluding carboxylic acids is 1. The highest BCUT2D eigenvalue weighted by atomic mass is 16.3. The largest absolute Gasteiger partial charge is 0.388 e. The van der Waals surface area contributed by atoms with Gasteiger partial charge in [-0.15, -0.1) is 0 Å². The van der Waals surface area contributed by atoms with Crippen molar-refractivity contribution in [1.29, 1.82) is 0 Å². The number of likely N-dealkylation sites (N-methyl/N-ethyl adjacent to an activating group) is 1. The number of carbonyl (C=O) groups is 1. The second-order valence-electron chi connectivity index (χ2n) is 5.50. The molecule has 102 valence electrons. The quantitative estimate of drug-likeness (QED) is 0.708. The number of hydrogen-bond acceptors (Lipinski definition) is 3. The first-order chi connectivity index (χ1) is 7.72. The van der Waals surface area contributed by atoms with Gasteiger partial charge in [-0.2, -0.15) is 0 Å². The Morgan fingerprint density at radius 3 is 2.29 bits per heavy atom. The summed E-state index contributed by atoms with van der Waals surface area (Å²) >= 11 is 0. The number of nitrogens with one attached hydrogen (secondary N) is 1. The molecule has 0 saturated heterocycles. The molecule has 2 N–H and O–H groups in total. The standard InChI is InChI=1S/C13H28N2O2/c1-7-8-11(15(5)6)12(16)14-9-13(4,17)10(2)3/h10-11,17H,7-9H2,1-6H3,(H,14,16). The van der Waals surface area contributed by atoms with Crippen LogP contribution in [0.4, 0.5) is 0 Å². The lowest BCUT2D eigenvalue weighted by Gasteiger charge is -2.30. The molecule has 0 radical (unpaired) electrons. The van der Waals surface area contributed by atoms with E-state index in [-0.39, 0.29) is 17.9 Å². The summed E-state index contributed by atoms with van der Waals surface area (Å²) in [5, 5.41) is 12.9. The van der Waals surface area contributed by atoms with E-state index in [1.807, 2.05) is 32.8 Å². The molecule has 1 amide bonds. The van der Waals surface area contributed by atoms with Crippen molar-refractivity contribution in [3.63, 3.8) is 0 Å². The lowest BCUT2D eigenvalue weighted by atomic mass is 9.92. The second-order valence-corrected chi connectivity index (χ2v) is 5.50. The first-order valence-electron chi connectivity index (χ1n) is 6.38. The zero-order chi connectivity index (χ0) is 13.6. The summed E-state index contributed by atoms with van der Waals surface area (Å²) in [6, 6.07) is -0.108. The molecule has 0 aromatic heterocycles. The van der Waals surface area contributed by atoms with Crippen molar-refractivity contribution in [3.8, 4) is 0 Å². The van der Waals surface area contributed by atoms with Crippen molar-refractivity contribution in [2.24, 2.45) is 5.92 Å². The van der Waals surface area contributed by atoms with Crippen molar-refractivity contribution in [3.05, 3.63) is 0 Å². The van der Waals surface area contributed by atoms with Crippen molar-refractivity contribution in [1.82, 2.24) is 10.2 Å². The molecule has 0 aromatic carbocycles. The summed E-state index contributed by atoms with van der Waals surface area (Å²) in [6.45, 7) is 8.01. The van der Waals surface area contributed by atoms with E-state index in [4.69, 9.17) is 0 Å². The summed E-state index contributed by atoms with van der Waals surface area (Å²) in [7, 11) is 3.81. The average molecular weight is 244 g/mol. The molecule has 0 fully saturated rings. The fourth-order valence-electron chi connectivity index (χ4n) is 1.49. The number of nitrogens with zero attached hydrogens (tertiary/aromatic N) is 1. The van der Waals surface area contributed by atoms with E-state index in [1.54, 1.807) is 6.92 Å². The van der Waals surface area contributed by atoms with Crippen molar-refractivity contribution in [2.75, 3.05) is 20.6 Å². The molecule has 0 aliphatic heterocycles. The summed E-state index contributed by atoms with van der Waals surface area (Å²) in [4.78, 5) is 13.9. The molecule has 0 aliphatic carbocycles. The molecule has 0 aliphatic rings. The molecule has 0 rings (SSSR count). The van der Waals surface area contributed by atoms with Crippen molar-refractivity contribution in [2.45, 2.75) is 52.2 Å². The Hall–Kier alpha value is -0.610. The van der Waals surface area contributed by atoms with Gasteiger partial charge >= 0.3 is 0 Å². The smallest absolute Gasteiger partial charge is 0.237 e. The first-order valence-corrected chi connectivity index (χ1v) is 6.38. The molecule has 0 spiro atoms. The molecule has 2 unspecified atom stereocenters. The van der Waals surface area contributed by atoms with Gasteiger partial charge in [-0.1, -0.05) is 27.2 Å². The third kappa shape index (κ3) is 5.50. The Labute approximate surface area is 105 Å². The molecule has 2 atom stereocenters. The van der Waals surface area contributed by atoms with Crippen molar-refractivity contribution >= 4 is 5.91 Å². The molecule has 0 heterocycles. The Morgan fingerprint density at radius 2 is 1.94 bits per heavy atom. The third-order valence-corrected chi connectivity index (χ3v) is 3.35. The molecular weight excluding hydrogens is 216 g/mol. The lowest BCUT2D eigenvalue weighted by molar-refractivity contribution is -0.127. The van der Waals surface area contributed by atoms with Crippen molar-refractivity contribution < 1.29 is 9.90 Å². The van der Waals surface area contributed by atoms with Crippen LogP contribution in [0, 0.1) is 5.92 Å². The molecule has 4 nitrogen and oxygen atoms in total. The van der Waals surface area contributed by atoms with E-state index >= 15 is 0 Å². The maximum Gasteiger partial charge on any atom is 0.237 e. The van der Waals surface area contributed by atoms with Gasteiger partial charge < -0.3 is 10.4 Å². The van der Waals surface area contributed by atoms with Gasteiger partial charge in [0.1, 0.15) is 0 Å². The first kappa shape index (κ1) is 16.4. The molecular formula is C13H28N2O2. The van der Waals surface area contributed by atoms with E-state index in [0.717, 1.165) is 12.8 Å². The van der Waals surface area contributed by atoms with Gasteiger partial charge in [-0.05, 0) is 33.4 Å². The van der Waals surface area contributed by atoms with Gasteiger partial charge in [0.25, 0.3) is 0 Å². The van der Waals surface area contributed by atoms with Gasteiger partial charge in [-0.3, -0.25) is 9.69 Å². The van der Waals surface area contributed by atoms with Gasteiger partial charge in [0.05, 0.1) is 11.6 Å². The highest BCUT2D eigenvalue weighted by Crippen LogP contribution is 2.14. The third-order valence-electron chi connectivity index (χ3n) is 3.35. The van der Waals surface area contributed by atoms with Crippen LogP contribution in [0.1, 0.15) is 40.5 Å². The molecule has 0 saturated carbocycles. The summed E-state index contributed by atoms with van der Waals surface area (Å²) in [5.74, 6) is 0.115. The van der Waals surface area contributed by atoms with Crippen LogP contribution in [0.2, 0.25) is 0 Å². The minimum atomic E-state index is -0.848. The minimum Gasteiger partial charge on any atom is -0.388 e. The Balaban J connectivity index is 4.33. The van der Waals surface area contributed by atoms with E-state index in [0.29, 0.717) is 6.54 Å². The predicted octanol–water partition coefficient (Wildman–Crippen LogP) is 1.24. The van der Waals surface area contributed by atoms with E-state index in [9.17, 15) is 9.90 Å².